The number of hydrogen-bond acceptors (Lipinski definition) is 5. The van der Waals surface area contributed by atoms with Crippen LogP contribution in [0.4, 0.5) is 0 Å². The summed E-state index contributed by atoms with van der Waals surface area (Å²) in [6.07, 6.45) is 2.43. The van der Waals surface area contributed by atoms with Gasteiger partial charge in [-0.2, -0.15) is 0 Å². The molecule has 1 aliphatic heterocycles. The highest BCUT2D eigenvalue weighted by Gasteiger charge is 2.29. The van der Waals surface area contributed by atoms with Crippen LogP contribution in [-0.2, 0) is 31.4 Å². The molecule has 0 aromatic heterocycles. The fourth-order valence-corrected chi connectivity index (χ4v) is 4.02. The minimum atomic E-state index is -3.74. The predicted molar refractivity (Wildman–Crippen MR) is 88.8 cm³/mol. The molecule has 1 fully saturated rings. The molecule has 1 aliphatic rings. The second-order valence-electron chi connectivity index (χ2n) is 5.87. The van der Waals surface area contributed by atoms with Crippen molar-refractivity contribution >= 4 is 26.0 Å². The number of sulfonamides is 2. The van der Waals surface area contributed by atoms with Crippen LogP contribution in [0.1, 0.15) is 18.4 Å². The van der Waals surface area contributed by atoms with E-state index in [9.17, 15) is 21.6 Å². The first-order valence-corrected chi connectivity index (χ1v) is 10.8. The average molecular weight is 375 g/mol. The van der Waals surface area contributed by atoms with Gasteiger partial charge in [-0.3, -0.25) is 4.79 Å². The summed E-state index contributed by atoms with van der Waals surface area (Å²) in [5, 5.41) is 7.78. The molecule has 0 saturated carbocycles. The van der Waals surface area contributed by atoms with E-state index in [1.807, 2.05) is 0 Å². The zero-order chi connectivity index (χ0) is 18.0. The third-order valence-corrected chi connectivity index (χ3v) is 6.14. The Kier molecular flexibility index (Phi) is 5.63. The molecule has 8 nitrogen and oxygen atoms in total. The smallest absolute Gasteiger partial charge is 0.238 e. The number of nitrogens with two attached hydrogens (primary N) is 1. The molecule has 2 rings (SSSR count). The summed E-state index contributed by atoms with van der Waals surface area (Å²) in [5.74, 6) is -0.587. The molecule has 1 aromatic carbocycles. The molecule has 0 bridgehead atoms. The van der Waals surface area contributed by atoms with Crippen molar-refractivity contribution < 1.29 is 21.6 Å². The fourth-order valence-electron chi connectivity index (χ4n) is 2.59. The Hall–Kier alpha value is -1.49. The number of hydrogen-bond donors (Lipinski definition) is 2. The lowest BCUT2D eigenvalue weighted by molar-refractivity contribution is -0.126. The maximum absolute atomic E-state index is 12.2. The lowest BCUT2D eigenvalue weighted by Crippen LogP contribution is -2.44. The Balaban J connectivity index is 1.93. The molecule has 3 N–H and O–H groups in total. The van der Waals surface area contributed by atoms with Crippen molar-refractivity contribution in [2.75, 3.05) is 19.3 Å². The third kappa shape index (κ3) is 5.00. The zero-order valence-corrected chi connectivity index (χ0v) is 14.9. The van der Waals surface area contributed by atoms with Crippen LogP contribution < -0.4 is 10.5 Å². The Labute approximate surface area is 142 Å². The largest absolute Gasteiger partial charge is 0.352 e. The summed E-state index contributed by atoms with van der Waals surface area (Å²) < 4.78 is 46.9. The standard InChI is InChI=1S/C14H21N3O5S2/c1-23(19,20)17-8-2-3-12(10-17)14(18)16-9-11-4-6-13(7-5-11)24(15,21)22/h4-7,12H,2-3,8-10H2,1H3,(H,16,18)(H2,15,21,22)/t12-/m1/s1. The molecule has 1 amide bonds. The van der Waals surface area contributed by atoms with Gasteiger partial charge in [-0.1, -0.05) is 12.1 Å². The Morgan fingerprint density at radius 2 is 1.88 bits per heavy atom. The van der Waals surface area contributed by atoms with Crippen LogP contribution in [0.5, 0.6) is 0 Å². The zero-order valence-electron chi connectivity index (χ0n) is 13.3. The van der Waals surface area contributed by atoms with Gasteiger partial charge in [-0.05, 0) is 30.5 Å². The number of nitrogens with one attached hydrogen (secondary N) is 1. The normalized spacial score (nSPS) is 19.8. The first-order chi connectivity index (χ1) is 11.1. The molecule has 0 spiro atoms. The van der Waals surface area contributed by atoms with Gasteiger partial charge < -0.3 is 5.32 Å². The molecular formula is C14H21N3O5S2. The van der Waals surface area contributed by atoms with Gasteiger partial charge in [0.25, 0.3) is 0 Å². The van der Waals surface area contributed by atoms with E-state index in [0.29, 0.717) is 19.4 Å². The van der Waals surface area contributed by atoms with Crippen LogP contribution in [0.3, 0.4) is 0 Å². The van der Waals surface area contributed by atoms with Crippen molar-refractivity contribution in [1.29, 1.82) is 0 Å². The van der Waals surface area contributed by atoms with Gasteiger partial charge in [0.15, 0.2) is 0 Å². The van der Waals surface area contributed by atoms with Gasteiger partial charge in [0.05, 0.1) is 17.1 Å². The summed E-state index contributed by atoms with van der Waals surface area (Å²) in [6.45, 7) is 0.867. The number of rotatable bonds is 5. The first kappa shape index (κ1) is 18.8. The van der Waals surface area contributed by atoms with Crippen LogP contribution in [0.25, 0.3) is 0 Å². The minimum Gasteiger partial charge on any atom is -0.352 e. The molecule has 134 valence electrons. The Morgan fingerprint density at radius 1 is 1.25 bits per heavy atom. The number of carbonyl (C=O) groups excluding carboxylic acids is 1. The summed E-state index contributed by atoms with van der Waals surface area (Å²) in [4.78, 5) is 12.2. The summed E-state index contributed by atoms with van der Waals surface area (Å²) in [7, 11) is -7.03. The maximum atomic E-state index is 12.2. The lowest BCUT2D eigenvalue weighted by Gasteiger charge is -2.30. The molecule has 1 atom stereocenters. The van der Waals surface area contributed by atoms with Crippen LogP contribution >= 0.6 is 0 Å². The Bertz CT molecular complexity index is 803. The molecule has 0 unspecified atom stereocenters. The summed E-state index contributed by atoms with van der Waals surface area (Å²) in [5.41, 5.74) is 0.728. The van der Waals surface area contributed by atoms with Gasteiger partial charge >= 0.3 is 0 Å². The van der Waals surface area contributed by atoms with Crippen molar-refractivity contribution in [3.8, 4) is 0 Å². The third-order valence-electron chi connectivity index (χ3n) is 3.94. The van der Waals surface area contributed by atoms with Gasteiger partial charge in [-0.25, -0.2) is 26.3 Å². The number of carbonyl (C=O) groups is 1. The van der Waals surface area contributed by atoms with E-state index >= 15 is 0 Å². The number of piperidine rings is 1. The molecular weight excluding hydrogens is 354 g/mol. The van der Waals surface area contributed by atoms with Gasteiger partial charge in [-0.15, -0.1) is 0 Å². The van der Waals surface area contributed by atoms with E-state index in [0.717, 1.165) is 11.8 Å². The van der Waals surface area contributed by atoms with Crippen LogP contribution in [-0.4, -0.2) is 46.4 Å². The molecule has 0 aliphatic carbocycles. The quantitative estimate of drug-likeness (QED) is 0.725. The molecule has 1 saturated heterocycles. The average Bonchev–Trinajstić information content (AvgIpc) is 2.51. The SMILES string of the molecule is CS(=O)(=O)N1CCC[C@@H](C(=O)NCc2ccc(S(N)(=O)=O)cc2)C1. The Morgan fingerprint density at radius 3 is 2.42 bits per heavy atom. The monoisotopic (exact) mass is 375 g/mol. The first-order valence-electron chi connectivity index (χ1n) is 7.42. The highest BCUT2D eigenvalue weighted by Crippen LogP contribution is 2.19. The second kappa shape index (κ2) is 7.18. The topological polar surface area (TPSA) is 127 Å². The van der Waals surface area contributed by atoms with Crippen molar-refractivity contribution in [2.24, 2.45) is 11.1 Å². The number of nitrogens with zero attached hydrogens (tertiary/aromatic N) is 1. The van der Waals surface area contributed by atoms with E-state index in [4.69, 9.17) is 5.14 Å². The van der Waals surface area contributed by atoms with Crippen molar-refractivity contribution in [1.82, 2.24) is 9.62 Å². The number of benzene rings is 1. The molecule has 10 heteroatoms. The molecule has 0 radical (unpaired) electrons. The highest BCUT2D eigenvalue weighted by molar-refractivity contribution is 7.89. The number of primary sulfonamides is 1. The van der Waals surface area contributed by atoms with Crippen LogP contribution in [0, 0.1) is 5.92 Å². The number of amides is 1. The predicted octanol–water partition coefficient (Wildman–Crippen LogP) is -0.378. The lowest BCUT2D eigenvalue weighted by atomic mass is 9.99. The summed E-state index contributed by atoms with van der Waals surface area (Å²) >= 11 is 0. The van der Waals surface area contributed by atoms with E-state index < -0.39 is 20.0 Å². The minimum absolute atomic E-state index is 0.00801. The van der Waals surface area contributed by atoms with E-state index in [-0.39, 0.29) is 29.8 Å². The van der Waals surface area contributed by atoms with Gasteiger partial charge in [0.1, 0.15) is 0 Å². The second-order valence-corrected chi connectivity index (χ2v) is 9.41. The van der Waals surface area contributed by atoms with Crippen LogP contribution in [0.15, 0.2) is 29.2 Å². The van der Waals surface area contributed by atoms with Crippen LogP contribution in [0.2, 0.25) is 0 Å². The van der Waals surface area contributed by atoms with E-state index in [2.05, 4.69) is 5.32 Å². The van der Waals surface area contributed by atoms with Gasteiger partial charge in [0, 0.05) is 19.6 Å². The fraction of sp³-hybridized carbons (Fsp3) is 0.500. The summed E-state index contributed by atoms with van der Waals surface area (Å²) in [6, 6.07) is 5.90. The molecule has 1 heterocycles. The molecule has 1 aromatic rings. The molecule has 24 heavy (non-hydrogen) atoms. The van der Waals surface area contributed by atoms with Gasteiger partial charge in [0.2, 0.25) is 26.0 Å². The van der Waals surface area contributed by atoms with E-state index in [1.54, 1.807) is 12.1 Å². The van der Waals surface area contributed by atoms with Crippen molar-refractivity contribution in [2.45, 2.75) is 24.3 Å². The highest BCUT2D eigenvalue weighted by atomic mass is 32.2. The maximum Gasteiger partial charge on any atom is 0.238 e. The van der Waals surface area contributed by atoms with Crippen molar-refractivity contribution in [3.63, 3.8) is 0 Å². The van der Waals surface area contributed by atoms with Crippen molar-refractivity contribution in [3.05, 3.63) is 29.8 Å². The van der Waals surface area contributed by atoms with E-state index in [1.165, 1.54) is 16.4 Å².